The van der Waals surface area contributed by atoms with Crippen LogP contribution in [0, 0.1) is 13.8 Å². The Morgan fingerprint density at radius 2 is 1.21 bits per heavy atom. The Kier molecular flexibility index (Phi) is 4.06. The Hall–Kier alpha value is -1.60. The second kappa shape index (κ2) is 5.58. The van der Waals surface area contributed by atoms with Crippen molar-refractivity contribution in [2.24, 2.45) is 5.73 Å². The third kappa shape index (κ3) is 3.24. The van der Waals surface area contributed by atoms with Crippen molar-refractivity contribution >= 4 is 0 Å². The Bertz CT molecular complexity index is 532. The first-order valence-corrected chi connectivity index (χ1v) is 6.91. The first kappa shape index (κ1) is 13.8. The highest BCUT2D eigenvalue weighted by molar-refractivity contribution is 5.37. The molecule has 2 rings (SSSR count). The Balaban J connectivity index is 2.30. The molecule has 0 radical (unpaired) electrons. The number of rotatable bonds is 3. The van der Waals surface area contributed by atoms with Crippen LogP contribution in [0.2, 0.25) is 0 Å². The van der Waals surface area contributed by atoms with Crippen LogP contribution in [0.5, 0.6) is 0 Å². The maximum absolute atomic E-state index is 6.38. The standard InChI is InChI=1S/C18H23N/c1-12(2)15-5-7-16(8-6-15)18(19)17-10-13(3)9-14(4)11-17/h5-12,18H,19H2,1-4H3. The molecule has 1 unspecified atom stereocenters. The first-order valence-electron chi connectivity index (χ1n) is 6.91. The number of hydrogen-bond donors (Lipinski definition) is 1. The molecule has 1 atom stereocenters. The number of nitrogens with two attached hydrogens (primary N) is 1. The minimum atomic E-state index is -0.0418. The van der Waals surface area contributed by atoms with Crippen LogP contribution in [0.25, 0.3) is 0 Å². The molecule has 0 saturated carbocycles. The van der Waals surface area contributed by atoms with Crippen LogP contribution in [0.15, 0.2) is 42.5 Å². The average Bonchev–Trinajstić information content (AvgIpc) is 2.37. The minimum absolute atomic E-state index is 0.0418. The zero-order chi connectivity index (χ0) is 14.0. The van der Waals surface area contributed by atoms with Gasteiger partial charge < -0.3 is 5.73 Å². The highest BCUT2D eigenvalue weighted by Crippen LogP contribution is 2.23. The van der Waals surface area contributed by atoms with Crippen molar-refractivity contribution in [3.8, 4) is 0 Å². The number of benzene rings is 2. The van der Waals surface area contributed by atoms with Gasteiger partial charge in [0.05, 0.1) is 6.04 Å². The molecule has 0 saturated heterocycles. The van der Waals surface area contributed by atoms with Crippen LogP contribution in [-0.4, -0.2) is 0 Å². The molecule has 0 bridgehead atoms. The summed E-state index contributed by atoms with van der Waals surface area (Å²) >= 11 is 0. The van der Waals surface area contributed by atoms with Crippen molar-refractivity contribution in [2.45, 2.75) is 39.7 Å². The predicted molar refractivity (Wildman–Crippen MR) is 82.5 cm³/mol. The summed E-state index contributed by atoms with van der Waals surface area (Å²) in [5, 5.41) is 0. The lowest BCUT2D eigenvalue weighted by Gasteiger charge is -2.15. The fourth-order valence-electron chi connectivity index (χ4n) is 2.47. The molecule has 0 fully saturated rings. The van der Waals surface area contributed by atoms with E-state index in [9.17, 15) is 0 Å². The summed E-state index contributed by atoms with van der Waals surface area (Å²) in [4.78, 5) is 0. The van der Waals surface area contributed by atoms with E-state index in [1.165, 1.54) is 27.8 Å². The zero-order valence-corrected chi connectivity index (χ0v) is 12.3. The topological polar surface area (TPSA) is 26.0 Å². The molecule has 2 aromatic rings. The van der Waals surface area contributed by atoms with Gasteiger partial charge in [0.2, 0.25) is 0 Å². The molecule has 0 aliphatic rings. The second-order valence-corrected chi connectivity index (χ2v) is 5.72. The quantitative estimate of drug-likeness (QED) is 0.857. The van der Waals surface area contributed by atoms with Crippen molar-refractivity contribution in [1.29, 1.82) is 0 Å². The number of aryl methyl sites for hydroxylation is 2. The van der Waals surface area contributed by atoms with E-state index >= 15 is 0 Å². The van der Waals surface area contributed by atoms with E-state index < -0.39 is 0 Å². The predicted octanol–water partition coefficient (Wildman–Crippen LogP) is 4.47. The van der Waals surface area contributed by atoms with Gasteiger partial charge in [-0.2, -0.15) is 0 Å². The SMILES string of the molecule is Cc1cc(C)cc(C(N)c2ccc(C(C)C)cc2)c1. The maximum Gasteiger partial charge on any atom is 0.0551 e. The summed E-state index contributed by atoms with van der Waals surface area (Å²) in [6.07, 6.45) is 0. The lowest BCUT2D eigenvalue weighted by molar-refractivity contribution is 0.846. The summed E-state index contributed by atoms with van der Waals surface area (Å²) in [5.74, 6) is 0.562. The van der Waals surface area contributed by atoms with E-state index in [1.807, 2.05) is 0 Å². The van der Waals surface area contributed by atoms with Gasteiger partial charge in [0.15, 0.2) is 0 Å². The monoisotopic (exact) mass is 253 g/mol. The molecule has 0 heterocycles. The smallest absolute Gasteiger partial charge is 0.0551 e. The van der Waals surface area contributed by atoms with Gasteiger partial charge in [-0.1, -0.05) is 67.4 Å². The average molecular weight is 253 g/mol. The molecule has 0 aromatic heterocycles. The zero-order valence-electron chi connectivity index (χ0n) is 12.3. The summed E-state index contributed by atoms with van der Waals surface area (Å²) in [7, 11) is 0. The van der Waals surface area contributed by atoms with Crippen LogP contribution in [0.1, 0.15) is 53.6 Å². The van der Waals surface area contributed by atoms with E-state index in [0.717, 1.165) is 0 Å². The van der Waals surface area contributed by atoms with E-state index in [2.05, 4.69) is 70.2 Å². The van der Waals surface area contributed by atoms with Crippen molar-refractivity contribution < 1.29 is 0 Å². The molecule has 100 valence electrons. The van der Waals surface area contributed by atoms with Gasteiger partial charge in [0.25, 0.3) is 0 Å². The van der Waals surface area contributed by atoms with E-state index in [-0.39, 0.29) is 6.04 Å². The highest BCUT2D eigenvalue weighted by atomic mass is 14.6. The third-order valence-corrected chi connectivity index (χ3v) is 3.57. The minimum Gasteiger partial charge on any atom is -0.320 e. The van der Waals surface area contributed by atoms with Gasteiger partial charge in [-0.3, -0.25) is 0 Å². The van der Waals surface area contributed by atoms with Crippen molar-refractivity contribution in [3.63, 3.8) is 0 Å². The molecule has 0 spiro atoms. The van der Waals surface area contributed by atoms with Crippen LogP contribution in [-0.2, 0) is 0 Å². The summed E-state index contributed by atoms with van der Waals surface area (Å²) in [6, 6.07) is 15.2. The summed E-state index contributed by atoms with van der Waals surface area (Å²) in [5.41, 5.74) is 12.6. The Morgan fingerprint density at radius 1 is 0.737 bits per heavy atom. The van der Waals surface area contributed by atoms with Gasteiger partial charge in [-0.15, -0.1) is 0 Å². The molecule has 0 aliphatic carbocycles. The van der Waals surface area contributed by atoms with Gasteiger partial charge in [-0.25, -0.2) is 0 Å². The maximum atomic E-state index is 6.38. The van der Waals surface area contributed by atoms with Crippen LogP contribution in [0.3, 0.4) is 0 Å². The Morgan fingerprint density at radius 3 is 1.68 bits per heavy atom. The van der Waals surface area contributed by atoms with Gasteiger partial charge in [0, 0.05) is 0 Å². The summed E-state index contributed by atoms with van der Waals surface area (Å²) in [6.45, 7) is 8.65. The molecule has 2 aromatic carbocycles. The fraction of sp³-hybridized carbons (Fsp3) is 0.333. The molecule has 2 N–H and O–H groups in total. The van der Waals surface area contributed by atoms with Gasteiger partial charge in [-0.05, 0) is 36.5 Å². The normalized spacial score (nSPS) is 12.7. The van der Waals surface area contributed by atoms with Crippen molar-refractivity contribution in [3.05, 3.63) is 70.3 Å². The first-order chi connectivity index (χ1) is 8.97. The largest absolute Gasteiger partial charge is 0.320 e. The molecular formula is C18H23N. The van der Waals surface area contributed by atoms with E-state index in [0.29, 0.717) is 5.92 Å². The van der Waals surface area contributed by atoms with Crippen molar-refractivity contribution in [2.75, 3.05) is 0 Å². The second-order valence-electron chi connectivity index (χ2n) is 5.72. The van der Waals surface area contributed by atoms with E-state index in [4.69, 9.17) is 5.73 Å². The molecule has 0 aliphatic heterocycles. The fourth-order valence-corrected chi connectivity index (χ4v) is 2.47. The third-order valence-electron chi connectivity index (χ3n) is 3.57. The highest BCUT2D eigenvalue weighted by Gasteiger charge is 2.10. The lowest BCUT2D eigenvalue weighted by atomic mass is 9.94. The van der Waals surface area contributed by atoms with Crippen LogP contribution < -0.4 is 5.73 Å². The van der Waals surface area contributed by atoms with E-state index in [1.54, 1.807) is 0 Å². The van der Waals surface area contributed by atoms with Crippen molar-refractivity contribution in [1.82, 2.24) is 0 Å². The van der Waals surface area contributed by atoms with Gasteiger partial charge in [0.1, 0.15) is 0 Å². The molecule has 19 heavy (non-hydrogen) atoms. The lowest BCUT2D eigenvalue weighted by Crippen LogP contribution is -2.12. The molecular weight excluding hydrogens is 230 g/mol. The van der Waals surface area contributed by atoms with Gasteiger partial charge >= 0.3 is 0 Å². The molecule has 1 nitrogen and oxygen atoms in total. The van der Waals surface area contributed by atoms with Crippen LogP contribution >= 0.6 is 0 Å². The number of hydrogen-bond acceptors (Lipinski definition) is 1. The Labute approximate surface area is 116 Å². The van der Waals surface area contributed by atoms with Crippen LogP contribution in [0.4, 0.5) is 0 Å². The summed E-state index contributed by atoms with van der Waals surface area (Å²) < 4.78 is 0. The molecule has 0 amide bonds. The molecule has 1 heteroatoms.